The van der Waals surface area contributed by atoms with Crippen LogP contribution in [0.2, 0.25) is 0 Å². The zero-order valence-corrected chi connectivity index (χ0v) is 12.3. The summed E-state index contributed by atoms with van der Waals surface area (Å²) in [7, 11) is 0. The topological polar surface area (TPSA) is 74.2 Å². The highest BCUT2D eigenvalue weighted by molar-refractivity contribution is 5.85. The number of fused-ring (bicyclic) bond motifs is 1. The van der Waals surface area contributed by atoms with Gasteiger partial charge in [0, 0.05) is 0 Å². The molecular formula is C15H16ClN3O2. The van der Waals surface area contributed by atoms with Gasteiger partial charge in [-0.15, -0.1) is 12.4 Å². The Balaban J connectivity index is 0.00000161. The zero-order valence-electron chi connectivity index (χ0n) is 11.5. The molecule has 0 radical (unpaired) electrons. The lowest BCUT2D eigenvalue weighted by molar-refractivity contribution is 0.284. The van der Waals surface area contributed by atoms with Crippen LogP contribution in [0.3, 0.4) is 0 Å². The third-order valence-corrected chi connectivity index (χ3v) is 2.96. The maximum atomic E-state index is 5.67. The summed E-state index contributed by atoms with van der Waals surface area (Å²) in [6.07, 6.45) is 0. The van der Waals surface area contributed by atoms with Crippen molar-refractivity contribution in [3.8, 4) is 5.75 Å². The van der Waals surface area contributed by atoms with Crippen molar-refractivity contribution in [2.75, 3.05) is 0 Å². The molecule has 6 heteroatoms. The maximum Gasteiger partial charge on any atom is 0.243 e. The Morgan fingerprint density at radius 3 is 2.67 bits per heavy atom. The van der Waals surface area contributed by atoms with E-state index in [1.54, 1.807) is 6.92 Å². The molecule has 0 aliphatic heterocycles. The molecule has 21 heavy (non-hydrogen) atoms. The molecule has 0 saturated heterocycles. The number of benzene rings is 2. The first-order chi connectivity index (χ1) is 9.72. The van der Waals surface area contributed by atoms with Gasteiger partial charge in [-0.2, -0.15) is 4.98 Å². The standard InChI is InChI=1S/C15H15N3O2.ClH/c1-10(16)15-17-14(18-20-15)9-19-13-7-6-11-4-2-3-5-12(11)8-13;/h2-8,10H,9,16H2,1H3;1H/t10-;/m1./s1. The first-order valence-electron chi connectivity index (χ1n) is 6.42. The second kappa shape index (κ2) is 6.56. The molecule has 1 heterocycles. The van der Waals surface area contributed by atoms with Crippen LogP contribution in [0, 0.1) is 0 Å². The van der Waals surface area contributed by atoms with Crippen LogP contribution in [0.25, 0.3) is 10.8 Å². The highest BCUT2D eigenvalue weighted by atomic mass is 35.5. The van der Waals surface area contributed by atoms with Gasteiger partial charge in [0.25, 0.3) is 0 Å². The number of nitrogens with two attached hydrogens (primary N) is 1. The lowest BCUT2D eigenvalue weighted by Gasteiger charge is -2.04. The minimum Gasteiger partial charge on any atom is -0.485 e. The average Bonchev–Trinajstić information content (AvgIpc) is 2.94. The summed E-state index contributed by atoms with van der Waals surface area (Å²) in [5.41, 5.74) is 5.66. The lowest BCUT2D eigenvalue weighted by Crippen LogP contribution is -2.05. The van der Waals surface area contributed by atoms with E-state index in [1.165, 1.54) is 5.39 Å². The fourth-order valence-corrected chi connectivity index (χ4v) is 1.92. The quantitative estimate of drug-likeness (QED) is 0.801. The third kappa shape index (κ3) is 3.51. The third-order valence-electron chi connectivity index (χ3n) is 2.96. The van der Waals surface area contributed by atoms with Crippen LogP contribution in [0.5, 0.6) is 5.75 Å². The summed E-state index contributed by atoms with van der Waals surface area (Å²) in [6.45, 7) is 2.05. The molecule has 0 amide bonds. The van der Waals surface area contributed by atoms with Crippen molar-refractivity contribution in [1.29, 1.82) is 0 Å². The number of rotatable bonds is 4. The van der Waals surface area contributed by atoms with Crippen molar-refractivity contribution in [2.45, 2.75) is 19.6 Å². The number of nitrogens with zero attached hydrogens (tertiary/aromatic N) is 2. The van der Waals surface area contributed by atoms with Crippen molar-refractivity contribution >= 4 is 23.2 Å². The Morgan fingerprint density at radius 2 is 1.95 bits per heavy atom. The molecule has 0 saturated carbocycles. The number of hydrogen-bond acceptors (Lipinski definition) is 5. The van der Waals surface area contributed by atoms with E-state index in [-0.39, 0.29) is 25.1 Å². The SMILES string of the molecule is C[C@@H](N)c1nc(COc2ccc3ccccc3c2)no1.Cl. The average molecular weight is 306 g/mol. The summed E-state index contributed by atoms with van der Waals surface area (Å²) in [6, 6.07) is 13.8. The van der Waals surface area contributed by atoms with Gasteiger partial charge < -0.3 is 15.0 Å². The first kappa shape index (κ1) is 15.3. The second-order valence-corrected chi connectivity index (χ2v) is 4.64. The zero-order chi connectivity index (χ0) is 13.9. The summed E-state index contributed by atoms with van der Waals surface area (Å²) in [5.74, 6) is 1.68. The fourth-order valence-electron chi connectivity index (χ4n) is 1.92. The van der Waals surface area contributed by atoms with E-state index in [2.05, 4.69) is 16.2 Å². The van der Waals surface area contributed by atoms with Crippen LogP contribution >= 0.6 is 12.4 Å². The van der Waals surface area contributed by atoms with Crippen LogP contribution in [0.1, 0.15) is 24.7 Å². The van der Waals surface area contributed by atoms with Gasteiger partial charge in [-0.25, -0.2) is 0 Å². The van der Waals surface area contributed by atoms with Crippen LogP contribution < -0.4 is 10.5 Å². The predicted octanol–water partition coefficient (Wildman–Crippen LogP) is 3.24. The molecule has 0 spiro atoms. The molecule has 110 valence electrons. The van der Waals surface area contributed by atoms with Crippen molar-refractivity contribution < 1.29 is 9.26 Å². The van der Waals surface area contributed by atoms with E-state index >= 15 is 0 Å². The van der Waals surface area contributed by atoms with Gasteiger partial charge >= 0.3 is 0 Å². The number of halogens is 1. The van der Waals surface area contributed by atoms with Gasteiger partial charge in [0.2, 0.25) is 11.7 Å². The largest absolute Gasteiger partial charge is 0.485 e. The molecule has 2 N–H and O–H groups in total. The number of hydrogen-bond donors (Lipinski definition) is 1. The molecule has 1 atom stereocenters. The molecule has 0 bridgehead atoms. The van der Waals surface area contributed by atoms with Gasteiger partial charge in [-0.3, -0.25) is 0 Å². The molecular weight excluding hydrogens is 290 g/mol. The van der Waals surface area contributed by atoms with E-state index in [1.807, 2.05) is 36.4 Å². The van der Waals surface area contributed by atoms with Gasteiger partial charge in [-0.1, -0.05) is 35.5 Å². The maximum absolute atomic E-state index is 5.67. The molecule has 0 aliphatic carbocycles. The van der Waals surface area contributed by atoms with Crippen LogP contribution in [0.4, 0.5) is 0 Å². The lowest BCUT2D eigenvalue weighted by atomic mass is 10.1. The van der Waals surface area contributed by atoms with Gasteiger partial charge in [0.1, 0.15) is 5.75 Å². The Labute approximate surface area is 128 Å². The van der Waals surface area contributed by atoms with Gasteiger partial charge in [0.15, 0.2) is 6.61 Å². The van der Waals surface area contributed by atoms with Crippen molar-refractivity contribution in [1.82, 2.24) is 10.1 Å². The molecule has 5 nitrogen and oxygen atoms in total. The van der Waals surface area contributed by atoms with Crippen molar-refractivity contribution in [3.05, 3.63) is 54.2 Å². The molecule has 3 rings (SSSR count). The Hall–Kier alpha value is -2.11. The van der Waals surface area contributed by atoms with E-state index in [4.69, 9.17) is 15.0 Å². The molecule has 3 aromatic rings. The van der Waals surface area contributed by atoms with E-state index in [9.17, 15) is 0 Å². The van der Waals surface area contributed by atoms with E-state index < -0.39 is 0 Å². The van der Waals surface area contributed by atoms with Gasteiger partial charge in [0.05, 0.1) is 6.04 Å². The van der Waals surface area contributed by atoms with Crippen LogP contribution in [-0.2, 0) is 6.61 Å². The molecule has 2 aromatic carbocycles. The number of aromatic nitrogens is 2. The Kier molecular flexibility index (Phi) is 4.77. The molecule has 0 unspecified atom stereocenters. The fraction of sp³-hybridized carbons (Fsp3) is 0.200. The molecule has 0 fully saturated rings. The van der Waals surface area contributed by atoms with Crippen molar-refractivity contribution in [3.63, 3.8) is 0 Å². The monoisotopic (exact) mass is 305 g/mol. The Bertz CT molecular complexity index is 728. The first-order valence-corrected chi connectivity index (χ1v) is 6.42. The normalized spacial score (nSPS) is 11.9. The Morgan fingerprint density at radius 1 is 1.19 bits per heavy atom. The van der Waals surface area contributed by atoms with Crippen LogP contribution in [0.15, 0.2) is 47.0 Å². The summed E-state index contributed by atoms with van der Waals surface area (Å²) in [4.78, 5) is 4.16. The minimum atomic E-state index is -0.267. The highest BCUT2D eigenvalue weighted by Gasteiger charge is 2.10. The van der Waals surface area contributed by atoms with Gasteiger partial charge in [-0.05, 0) is 29.8 Å². The van der Waals surface area contributed by atoms with Crippen LogP contribution in [-0.4, -0.2) is 10.1 Å². The molecule has 0 aliphatic rings. The predicted molar refractivity (Wildman–Crippen MR) is 82.4 cm³/mol. The van der Waals surface area contributed by atoms with Crippen molar-refractivity contribution in [2.24, 2.45) is 5.73 Å². The summed E-state index contributed by atoms with van der Waals surface area (Å²) < 4.78 is 10.7. The smallest absolute Gasteiger partial charge is 0.243 e. The molecule has 1 aromatic heterocycles. The van der Waals surface area contributed by atoms with E-state index in [0.717, 1.165) is 11.1 Å². The van der Waals surface area contributed by atoms with E-state index in [0.29, 0.717) is 11.7 Å². The second-order valence-electron chi connectivity index (χ2n) is 4.64. The number of ether oxygens (including phenoxy) is 1. The minimum absolute atomic E-state index is 0. The summed E-state index contributed by atoms with van der Waals surface area (Å²) >= 11 is 0. The summed E-state index contributed by atoms with van der Waals surface area (Å²) in [5, 5.41) is 6.14. The highest BCUT2D eigenvalue weighted by Crippen LogP contribution is 2.21.